The Bertz CT molecular complexity index is 665. The van der Waals surface area contributed by atoms with Crippen molar-refractivity contribution in [3.8, 4) is 0 Å². The summed E-state index contributed by atoms with van der Waals surface area (Å²) in [7, 11) is 1.05. The molecule has 1 aromatic rings. The molecule has 2 aliphatic heterocycles. The Kier molecular flexibility index (Phi) is 4.20. The van der Waals surface area contributed by atoms with Crippen LogP contribution in [-0.2, 0) is 9.84 Å². The predicted molar refractivity (Wildman–Crippen MR) is 90.7 cm³/mol. The Balaban J connectivity index is 1.70. The van der Waals surface area contributed by atoms with Crippen LogP contribution >= 0.6 is 0 Å². The molecule has 2 aliphatic rings. The van der Waals surface area contributed by atoms with Gasteiger partial charge in [0.05, 0.1) is 11.5 Å². The Labute approximate surface area is 138 Å². The van der Waals surface area contributed by atoms with Crippen molar-refractivity contribution in [2.24, 2.45) is 5.41 Å². The number of hydrogen-bond donors (Lipinski definition) is 0. The van der Waals surface area contributed by atoms with E-state index < -0.39 is 9.84 Å². The largest absolute Gasteiger partial charge is 0.347 e. The van der Waals surface area contributed by atoms with Crippen LogP contribution < -0.4 is 9.80 Å². The molecule has 0 radical (unpaired) electrons. The quantitative estimate of drug-likeness (QED) is 0.796. The highest BCUT2D eigenvalue weighted by Crippen LogP contribution is 2.42. The zero-order chi connectivity index (χ0) is 16.7. The van der Waals surface area contributed by atoms with E-state index in [1.165, 1.54) is 0 Å². The number of hydrogen-bond acceptors (Lipinski definition) is 7. The summed E-state index contributed by atoms with van der Waals surface area (Å²) in [5.41, 5.74) is 0.203. The lowest BCUT2D eigenvalue weighted by Gasteiger charge is -2.44. The molecule has 23 heavy (non-hydrogen) atoms. The van der Waals surface area contributed by atoms with Gasteiger partial charge >= 0.3 is 0 Å². The molecular formula is C15H25N5O2S. The van der Waals surface area contributed by atoms with E-state index in [1.54, 1.807) is 0 Å². The van der Waals surface area contributed by atoms with Crippen molar-refractivity contribution in [1.29, 1.82) is 0 Å². The summed E-state index contributed by atoms with van der Waals surface area (Å²) in [5.74, 6) is 2.84. The number of aryl methyl sites for hydroxylation is 1. The summed E-state index contributed by atoms with van der Waals surface area (Å²) in [5, 5.41) is 0. The molecule has 3 heterocycles. The fraction of sp³-hybridized carbons (Fsp3) is 0.800. The van der Waals surface area contributed by atoms with Crippen LogP contribution in [0.25, 0.3) is 0 Å². The van der Waals surface area contributed by atoms with E-state index in [1.807, 2.05) is 25.9 Å². The van der Waals surface area contributed by atoms with Crippen LogP contribution in [0.5, 0.6) is 0 Å². The molecule has 128 valence electrons. The summed E-state index contributed by atoms with van der Waals surface area (Å²) >= 11 is 0. The van der Waals surface area contributed by atoms with Crippen LogP contribution in [0.3, 0.4) is 0 Å². The van der Waals surface area contributed by atoms with Gasteiger partial charge in [-0.05, 0) is 38.0 Å². The minimum absolute atomic E-state index is 0.203. The lowest BCUT2D eigenvalue weighted by molar-refractivity contribution is 0.194. The Morgan fingerprint density at radius 1 is 1.00 bits per heavy atom. The SMILES string of the molecule is Cc1nc(N(C)C)nc(N2CCC3(CC2)CCS(=O)(=O)CC3)n1. The lowest BCUT2D eigenvalue weighted by atomic mass is 9.74. The zero-order valence-corrected chi connectivity index (χ0v) is 14.9. The molecule has 2 saturated heterocycles. The van der Waals surface area contributed by atoms with Gasteiger partial charge in [-0.2, -0.15) is 15.0 Å². The summed E-state index contributed by atoms with van der Waals surface area (Å²) in [6.07, 6.45) is 3.65. The van der Waals surface area contributed by atoms with Gasteiger partial charge in [-0.15, -0.1) is 0 Å². The van der Waals surface area contributed by atoms with E-state index in [-0.39, 0.29) is 5.41 Å². The van der Waals surface area contributed by atoms with E-state index in [4.69, 9.17) is 0 Å². The number of nitrogens with zero attached hydrogens (tertiary/aromatic N) is 5. The highest BCUT2D eigenvalue weighted by Gasteiger charge is 2.40. The highest BCUT2D eigenvalue weighted by atomic mass is 32.2. The molecule has 8 heteroatoms. The first kappa shape index (κ1) is 16.4. The Morgan fingerprint density at radius 2 is 1.61 bits per heavy atom. The first-order chi connectivity index (χ1) is 10.8. The zero-order valence-electron chi connectivity index (χ0n) is 14.1. The summed E-state index contributed by atoms with van der Waals surface area (Å²) < 4.78 is 23.3. The monoisotopic (exact) mass is 339 g/mol. The molecule has 0 saturated carbocycles. The van der Waals surface area contributed by atoms with Crippen LogP contribution in [0, 0.1) is 12.3 Å². The second kappa shape index (κ2) is 5.89. The van der Waals surface area contributed by atoms with Gasteiger partial charge in [0.1, 0.15) is 15.7 Å². The third-order valence-electron chi connectivity index (χ3n) is 5.12. The number of piperidine rings is 1. The average molecular weight is 339 g/mol. The summed E-state index contributed by atoms with van der Waals surface area (Å²) in [6, 6.07) is 0. The molecule has 0 N–H and O–H groups in total. The normalized spacial score (nSPS) is 23.0. The third-order valence-corrected chi connectivity index (χ3v) is 6.77. The van der Waals surface area contributed by atoms with E-state index in [9.17, 15) is 8.42 Å². The van der Waals surface area contributed by atoms with Crippen molar-refractivity contribution in [3.63, 3.8) is 0 Å². The molecule has 0 amide bonds. The van der Waals surface area contributed by atoms with Gasteiger partial charge in [-0.25, -0.2) is 8.42 Å². The molecule has 0 atom stereocenters. The van der Waals surface area contributed by atoms with Crippen molar-refractivity contribution in [2.45, 2.75) is 32.6 Å². The Hall–Kier alpha value is -1.44. The van der Waals surface area contributed by atoms with E-state index in [0.29, 0.717) is 17.5 Å². The van der Waals surface area contributed by atoms with Crippen molar-refractivity contribution in [2.75, 3.05) is 48.5 Å². The molecule has 1 aromatic heterocycles. The molecule has 0 aromatic carbocycles. The van der Waals surface area contributed by atoms with Crippen molar-refractivity contribution in [1.82, 2.24) is 15.0 Å². The van der Waals surface area contributed by atoms with Crippen molar-refractivity contribution < 1.29 is 8.42 Å². The van der Waals surface area contributed by atoms with Gasteiger partial charge in [0.15, 0.2) is 0 Å². The molecule has 1 spiro atoms. The highest BCUT2D eigenvalue weighted by molar-refractivity contribution is 7.91. The fourth-order valence-electron chi connectivity index (χ4n) is 3.45. The maximum Gasteiger partial charge on any atom is 0.230 e. The topological polar surface area (TPSA) is 79.3 Å². The predicted octanol–water partition coefficient (Wildman–Crippen LogP) is 1.04. The fourth-order valence-corrected chi connectivity index (χ4v) is 5.14. The minimum Gasteiger partial charge on any atom is -0.347 e. The van der Waals surface area contributed by atoms with E-state index in [2.05, 4.69) is 19.9 Å². The molecule has 0 unspecified atom stereocenters. The molecule has 2 fully saturated rings. The van der Waals surface area contributed by atoms with Crippen LogP contribution in [0.2, 0.25) is 0 Å². The number of sulfone groups is 1. The van der Waals surface area contributed by atoms with E-state index >= 15 is 0 Å². The molecule has 7 nitrogen and oxygen atoms in total. The van der Waals surface area contributed by atoms with Gasteiger partial charge in [-0.1, -0.05) is 0 Å². The van der Waals surface area contributed by atoms with Crippen molar-refractivity contribution in [3.05, 3.63) is 5.82 Å². The Morgan fingerprint density at radius 3 is 2.17 bits per heavy atom. The standard InChI is InChI=1S/C15H25N5O2S/c1-12-16-13(19(2)3)18-14(17-12)20-8-4-15(5-9-20)6-10-23(21,22)11-7-15/h4-11H2,1-3H3. The maximum absolute atomic E-state index is 11.7. The maximum atomic E-state index is 11.7. The van der Waals surface area contributed by atoms with E-state index in [0.717, 1.165) is 50.5 Å². The van der Waals surface area contributed by atoms with Gasteiger partial charge in [0.2, 0.25) is 11.9 Å². The van der Waals surface area contributed by atoms with Crippen LogP contribution in [-0.4, -0.2) is 62.1 Å². The second-order valence-corrected chi connectivity index (χ2v) is 9.32. The van der Waals surface area contributed by atoms with Crippen molar-refractivity contribution >= 4 is 21.7 Å². The molecule has 3 rings (SSSR count). The summed E-state index contributed by atoms with van der Waals surface area (Å²) in [4.78, 5) is 17.5. The van der Waals surface area contributed by atoms with Gasteiger partial charge in [0, 0.05) is 27.2 Å². The number of aromatic nitrogens is 3. The summed E-state index contributed by atoms with van der Waals surface area (Å²) in [6.45, 7) is 3.66. The van der Waals surface area contributed by atoms with Crippen LogP contribution in [0.4, 0.5) is 11.9 Å². The van der Waals surface area contributed by atoms with Gasteiger partial charge in [-0.3, -0.25) is 0 Å². The van der Waals surface area contributed by atoms with Gasteiger partial charge in [0.25, 0.3) is 0 Å². The van der Waals surface area contributed by atoms with Crippen LogP contribution in [0.15, 0.2) is 0 Å². The molecule has 0 bridgehead atoms. The third kappa shape index (κ3) is 3.57. The average Bonchev–Trinajstić information content (AvgIpc) is 2.51. The smallest absolute Gasteiger partial charge is 0.230 e. The molecule has 0 aliphatic carbocycles. The number of anilines is 2. The van der Waals surface area contributed by atoms with Crippen LogP contribution in [0.1, 0.15) is 31.5 Å². The number of rotatable bonds is 2. The minimum atomic E-state index is -2.80. The second-order valence-electron chi connectivity index (χ2n) is 7.02. The lowest BCUT2D eigenvalue weighted by Crippen LogP contribution is -2.44. The van der Waals surface area contributed by atoms with Gasteiger partial charge < -0.3 is 9.80 Å². The molecular weight excluding hydrogens is 314 g/mol. The first-order valence-electron chi connectivity index (χ1n) is 8.14. The first-order valence-corrected chi connectivity index (χ1v) is 9.96.